The average Bonchev–Trinajstić information content (AvgIpc) is 2.81. The number of carbonyl (C=O) groups excluding carboxylic acids is 1. The van der Waals surface area contributed by atoms with Gasteiger partial charge in [-0.15, -0.1) is 0 Å². The first kappa shape index (κ1) is 23.6. The Labute approximate surface area is 188 Å². The van der Waals surface area contributed by atoms with Crippen molar-refractivity contribution in [2.75, 3.05) is 6.54 Å². The van der Waals surface area contributed by atoms with Crippen LogP contribution in [0.4, 0.5) is 0 Å². The lowest BCUT2D eigenvalue weighted by atomic mass is 9.80. The van der Waals surface area contributed by atoms with Gasteiger partial charge in [0.25, 0.3) is 0 Å². The van der Waals surface area contributed by atoms with Gasteiger partial charge in [0, 0.05) is 14.7 Å². The van der Waals surface area contributed by atoms with Crippen molar-refractivity contribution in [3.8, 4) is 0 Å². The molecule has 0 radical (unpaired) electrons. The lowest BCUT2D eigenvalue weighted by Gasteiger charge is -2.49. The molecule has 11 heteroatoms. The van der Waals surface area contributed by atoms with E-state index in [2.05, 4.69) is 20.1 Å². The Balaban J connectivity index is 2.01. The van der Waals surface area contributed by atoms with Gasteiger partial charge in [-0.05, 0) is 35.7 Å². The van der Waals surface area contributed by atoms with Crippen LogP contribution in [0.5, 0.6) is 0 Å². The van der Waals surface area contributed by atoms with E-state index in [1.54, 1.807) is 0 Å². The molecule has 0 saturated carbocycles. The fourth-order valence-electron chi connectivity index (χ4n) is 3.54. The van der Waals surface area contributed by atoms with E-state index in [0.717, 1.165) is 10.5 Å². The van der Waals surface area contributed by atoms with Crippen molar-refractivity contribution in [1.82, 2.24) is 0 Å². The van der Waals surface area contributed by atoms with Crippen LogP contribution >= 0.6 is 11.8 Å². The Bertz CT molecular complexity index is 1010. The second kappa shape index (κ2) is 11.0. The zero-order valence-corrected chi connectivity index (χ0v) is 18.1. The first-order valence-electron chi connectivity index (χ1n) is 9.81. The fraction of sp³-hybridized carbons (Fsp3) is 0.381. The number of rotatable bonds is 9. The van der Waals surface area contributed by atoms with Gasteiger partial charge in [-0.25, -0.2) is 0 Å². The van der Waals surface area contributed by atoms with Gasteiger partial charge in [-0.3, -0.25) is 4.79 Å². The number of aliphatic hydroxyl groups is 1. The van der Waals surface area contributed by atoms with Crippen LogP contribution in [-0.4, -0.2) is 46.7 Å². The lowest BCUT2D eigenvalue weighted by Crippen LogP contribution is -2.69. The van der Waals surface area contributed by atoms with E-state index in [1.807, 2.05) is 60.7 Å². The quantitative estimate of drug-likeness (QED) is 0.338. The normalized spacial score (nSPS) is 27.1. The summed E-state index contributed by atoms with van der Waals surface area (Å²) >= 11 is 1.26. The maximum absolute atomic E-state index is 12.6. The summed E-state index contributed by atoms with van der Waals surface area (Å²) in [5.41, 5.74) is 15.8. The summed E-state index contributed by atoms with van der Waals surface area (Å²) in [7, 11) is 0. The van der Waals surface area contributed by atoms with Crippen molar-refractivity contribution in [2.45, 2.75) is 47.7 Å². The van der Waals surface area contributed by atoms with Crippen molar-refractivity contribution in [1.29, 1.82) is 0 Å². The van der Waals surface area contributed by atoms with Gasteiger partial charge < -0.3 is 14.6 Å². The molecule has 1 N–H and O–H groups in total. The van der Waals surface area contributed by atoms with Crippen LogP contribution in [0.2, 0.25) is 0 Å². The standard InChI is InChI=1S/C21H22N6O4S/c1-14(28)21(29)17(12-24-26-22)31-20(32-16-10-6-3-7-11-16)18(25-27-23)19(21)30-13-15-8-4-2-5-9-15/h2-11,17-20,29H,12-13H2,1H3/t17-,18-,19-,20+,21-/m1/s1. The minimum atomic E-state index is -2.18. The van der Waals surface area contributed by atoms with Crippen molar-refractivity contribution < 1.29 is 19.4 Å². The summed E-state index contributed by atoms with van der Waals surface area (Å²) in [6.07, 6.45) is -2.42. The van der Waals surface area contributed by atoms with Crippen molar-refractivity contribution in [3.63, 3.8) is 0 Å². The molecule has 0 bridgehead atoms. The predicted octanol–water partition coefficient (Wildman–Crippen LogP) is 4.40. The third-order valence-electron chi connectivity index (χ3n) is 5.14. The van der Waals surface area contributed by atoms with Crippen LogP contribution < -0.4 is 0 Å². The van der Waals surface area contributed by atoms with Gasteiger partial charge in [0.05, 0.1) is 13.2 Å². The number of thioether (sulfide) groups is 1. The molecule has 0 spiro atoms. The zero-order valence-electron chi connectivity index (χ0n) is 17.3. The van der Waals surface area contributed by atoms with Crippen LogP contribution in [0.15, 0.2) is 75.8 Å². The summed E-state index contributed by atoms with van der Waals surface area (Å²) in [6, 6.07) is 17.4. The molecule has 5 atom stereocenters. The van der Waals surface area contributed by atoms with Gasteiger partial charge in [0.1, 0.15) is 23.7 Å². The monoisotopic (exact) mass is 454 g/mol. The lowest BCUT2D eigenvalue weighted by molar-refractivity contribution is -0.225. The Kier molecular flexibility index (Phi) is 8.13. The highest BCUT2D eigenvalue weighted by Gasteiger charge is 2.58. The number of hydrogen-bond donors (Lipinski definition) is 1. The van der Waals surface area contributed by atoms with E-state index < -0.39 is 35.1 Å². The minimum Gasteiger partial charge on any atom is -0.377 e. The molecule has 0 amide bonds. The molecular formula is C21H22N6O4S. The molecule has 1 heterocycles. The second-order valence-electron chi connectivity index (χ2n) is 7.13. The number of ether oxygens (including phenoxy) is 2. The molecule has 1 saturated heterocycles. The fourth-order valence-corrected chi connectivity index (χ4v) is 4.65. The molecule has 1 fully saturated rings. The first-order chi connectivity index (χ1) is 15.5. The molecule has 1 aliphatic rings. The number of hydrogen-bond acceptors (Lipinski definition) is 7. The Hall–Kier alpha value is -3.04. The van der Waals surface area contributed by atoms with Gasteiger partial charge in [-0.1, -0.05) is 70.5 Å². The number of benzene rings is 2. The zero-order chi connectivity index (χ0) is 23.0. The third kappa shape index (κ3) is 5.23. The summed E-state index contributed by atoms with van der Waals surface area (Å²) < 4.78 is 12.0. The highest BCUT2D eigenvalue weighted by molar-refractivity contribution is 7.99. The smallest absolute Gasteiger partial charge is 0.175 e. The molecule has 32 heavy (non-hydrogen) atoms. The Morgan fingerprint density at radius 1 is 1.16 bits per heavy atom. The largest absolute Gasteiger partial charge is 0.377 e. The van der Waals surface area contributed by atoms with Gasteiger partial charge >= 0.3 is 0 Å². The maximum Gasteiger partial charge on any atom is 0.175 e. The van der Waals surface area contributed by atoms with Gasteiger partial charge in [0.15, 0.2) is 11.4 Å². The SMILES string of the molecule is CC(=O)[C@]1(O)[C@H](OCc2ccccc2)[C@@H](N=[N+]=[N-])[C@H](Sc2ccccc2)O[C@@H]1CN=[N+]=[N-]. The van der Waals surface area contributed by atoms with E-state index >= 15 is 0 Å². The van der Waals surface area contributed by atoms with Crippen molar-refractivity contribution in [2.24, 2.45) is 10.2 Å². The molecule has 10 nitrogen and oxygen atoms in total. The van der Waals surface area contributed by atoms with E-state index in [9.17, 15) is 15.4 Å². The van der Waals surface area contributed by atoms with Crippen molar-refractivity contribution >= 4 is 17.5 Å². The number of nitrogens with zero attached hydrogens (tertiary/aromatic N) is 6. The van der Waals surface area contributed by atoms with Gasteiger partial charge in [0.2, 0.25) is 0 Å². The van der Waals surface area contributed by atoms with Crippen LogP contribution in [0.25, 0.3) is 20.9 Å². The third-order valence-corrected chi connectivity index (χ3v) is 6.31. The number of carbonyl (C=O) groups is 1. The van der Waals surface area contributed by atoms with Crippen LogP contribution in [0.1, 0.15) is 12.5 Å². The number of azide groups is 2. The molecule has 3 rings (SSSR count). The highest BCUT2D eigenvalue weighted by Crippen LogP contribution is 2.41. The first-order valence-corrected chi connectivity index (χ1v) is 10.7. The van der Waals surface area contributed by atoms with E-state index in [4.69, 9.17) is 15.0 Å². The van der Waals surface area contributed by atoms with E-state index in [1.165, 1.54) is 18.7 Å². The number of Topliss-reactive ketones (excluding diaryl/α,β-unsaturated/α-hetero) is 1. The topological polar surface area (TPSA) is 153 Å². The molecule has 0 aromatic heterocycles. The molecular weight excluding hydrogens is 432 g/mol. The molecule has 1 aliphatic heterocycles. The van der Waals surface area contributed by atoms with Crippen LogP contribution in [0.3, 0.4) is 0 Å². The predicted molar refractivity (Wildman–Crippen MR) is 119 cm³/mol. The molecule has 166 valence electrons. The Morgan fingerprint density at radius 2 is 1.81 bits per heavy atom. The molecule has 2 aromatic carbocycles. The van der Waals surface area contributed by atoms with Gasteiger partial charge in [-0.2, -0.15) is 0 Å². The van der Waals surface area contributed by atoms with Crippen LogP contribution in [-0.2, 0) is 20.9 Å². The highest BCUT2D eigenvalue weighted by atomic mass is 32.2. The summed E-state index contributed by atoms with van der Waals surface area (Å²) in [5.74, 6) is -0.644. The summed E-state index contributed by atoms with van der Waals surface area (Å²) in [6.45, 7) is 0.964. The summed E-state index contributed by atoms with van der Waals surface area (Å²) in [5, 5.41) is 18.8. The molecule has 2 aromatic rings. The minimum absolute atomic E-state index is 0.0650. The van der Waals surface area contributed by atoms with Crippen molar-refractivity contribution in [3.05, 3.63) is 87.1 Å². The molecule has 0 unspecified atom stereocenters. The molecule has 0 aliphatic carbocycles. The van der Waals surface area contributed by atoms with E-state index in [0.29, 0.717) is 0 Å². The second-order valence-corrected chi connectivity index (χ2v) is 8.30. The average molecular weight is 455 g/mol. The van der Waals surface area contributed by atoms with Crippen LogP contribution in [0, 0.1) is 0 Å². The maximum atomic E-state index is 12.6. The number of ketones is 1. The van der Waals surface area contributed by atoms with E-state index in [-0.39, 0.29) is 13.2 Å². The Morgan fingerprint density at radius 3 is 2.41 bits per heavy atom. The summed E-state index contributed by atoms with van der Waals surface area (Å²) in [4.78, 5) is 19.1.